The molecule has 1 nitrogen and oxygen atoms in total. The van der Waals surface area contributed by atoms with Crippen LogP contribution in [-0.2, 0) is 4.79 Å². The standard InChI is InChI=1S/C10H20O/c1-4-10(5-2)8-6-7-9(3)11/h10H,4-8H2,1-3H3. The maximum Gasteiger partial charge on any atom is 0.129 e. The molecule has 0 unspecified atom stereocenters. The Morgan fingerprint density at radius 2 is 1.82 bits per heavy atom. The zero-order chi connectivity index (χ0) is 8.69. The van der Waals surface area contributed by atoms with Gasteiger partial charge in [0.05, 0.1) is 0 Å². The molecule has 0 aliphatic rings. The fourth-order valence-corrected chi connectivity index (χ4v) is 1.34. The zero-order valence-electron chi connectivity index (χ0n) is 8.02. The summed E-state index contributed by atoms with van der Waals surface area (Å²) in [6.07, 6.45) is 5.60. The molecule has 0 aromatic carbocycles. The van der Waals surface area contributed by atoms with E-state index in [-0.39, 0.29) is 0 Å². The second-order valence-corrected chi connectivity index (χ2v) is 3.28. The molecule has 0 heterocycles. The Bertz CT molecular complexity index is 103. The SMILES string of the molecule is CCC(CC)CCCC(C)=O. The molecule has 0 aliphatic carbocycles. The van der Waals surface area contributed by atoms with E-state index in [0.717, 1.165) is 18.8 Å². The second-order valence-electron chi connectivity index (χ2n) is 3.28. The molecular weight excluding hydrogens is 136 g/mol. The fraction of sp³-hybridized carbons (Fsp3) is 0.900. The topological polar surface area (TPSA) is 17.1 Å². The van der Waals surface area contributed by atoms with Crippen LogP contribution < -0.4 is 0 Å². The molecule has 0 rings (SSSR count). The summed E-state index contributed by atoms with van der Waals surface area (Å²) in [6.45, 7) is 6.12. The average molecular weight is 156 g/mol. The highest BCUT2D eigenvalue weighted by Gasteiger charge is 2.03. The molecule has 11 heavy (non-hydrogen) atoms. The minimum atomic E-state index is 0.330. The van der Waals surface area contributed by atoms with Gasteiger partial charge in [-0.1, -0.05) is 33.1 Å². The quantitative estimate of drug-likeness (QED) is 0.577. The summed E-state index contributed by atoms with van der Waals surface area (Å²) in [5.41, 5.74) is 0. The summed E-state index contributed by atoms with van der Waals surface area (Å²) in [5.74, 6) is 1.17. The summed E-state index contributed by atoms with van der Waals surface area (Å²) in [4.78, 5) is 10.6. The first-order valence-corrected chi connectivity index (χ1v) is 4.70. The van der Waals surface area contributed by atoms with Gasteiger partial charge in [0, 0.05) is 6.42 Å². The van der Waals surface area contributed by atoms with Crippen LogP contribution in [0.1, 0.15) is 52.9 Å². The van der Waals surface area contributed by atoms with Gasteiger partial charge in [-0.15, -0.1) is 0 Å². The van der Waals surface area contributed by atoms with Crippen molar-refractivity contribution in [3.05, 3.63) is 0 Å². The number of rotatable bonds is 6. The molecule has 0 saturated carbocycles. The van der Waals surface area contributed by atoms with Gasteiger partial charge >= 0.3 is 0 Å². The summed E-state index contributed by atoms with van der Waals surface area (Å²) >= 11 is 0. The zero-order valence-corrected chi connectivity index (χ0v) is 8.02. The first-order valence-electron chi connectivity index (χ1n) is 4.70. The lowest BCUT2D eigenvalue weighted by atomic mass is 9.96. The molecule has 66 valence electrons. The fourth-order valence-electron chi connectivity index (χ4n) is 1.34. The Morgan fingerprint density at radius 1 is 1.27 bits per heavy atom. The molecular formula is C10H20O. The molecule has 0 aromatic heterocycles. The van der Waals surface area contributed by atoms with Gasteiger partial charge in [0.1, 0.15) is 5.78 Å². The largest absolute Gasteiger partial charge is 0.300 e. The van der Waals surface area contributed by atoms with E-state index in [1.165, 1.54) is 19.3 Å². The molecule has 0 aliphatic heterocycles. The lowest BCUT2D eigenvalue weighted by Gasteiger charge is -2.10. The molecule has 0 amide bonds. The number of carbonyl (C=O) groups is 1. The van der Waals surface area contributed by atoms with E-state index in [1.807, 2.05) is 0 Å². The molecule has 0 atom stereocenters. The molecule has 0 spiro atoms. The number of carbonyl (C=O) groups excluding carboxylic acids is 1. The number of hydrogen-bond donors (Lipinski definition) is 0. The van der Waals surface area contributed by atoms with Crippen LogP contribution in [0.25, 0.3) is 0 Å². The van der Waals surface area contributed by atoms with Gasteiger partial charge in [0.2, 0.25) is 0 Å². The molecule has 0 radical (unpaired) electrons. The van der Waals surface area contributed by atoms with E-state index >= 15 is 0 Å². The van der Waals surface area contributed by atoms with E-state index < -0.39 is 0 Å². The summed E-state index contributed by atoms with van der Waals surface area (Å²) in [6, 6.07) is 0. The third kappa shape index (κ3) is 6.08. The van der Waals surface area contributed by atoms with Crippen molar-refractivity contribution in [2.75, 3.05) is 0 Å². The monoisotopic (exact) mass is 156 g/mol. The van der Waals surface area contributed by atoms with Crippen molar-refractivity contribution < 1.29 is 4.79 Å². The third-order valence-corrected chi connectivity index (χ3v) is 2.30. The summed E-state index contributed by atoms with van der Waals surface area (Å²) < 4.78 is 0. The lowest BCUT2D eigenvalue weighted by molar-refractivity contribution is -0.117. The second kappa shape index (κ2) is 6.38. The Labute approximate surface area is 70.2 Å². The van der Waals surface area contributed by atoms with Crippen LogP contribution in [0.4, 0.5) is 0 Å². The molecule has 0 aromatic rings. The van der Waals surface area contributed by atoms with Gasteiger partial charge in [-0.2, -0.15) is 0 Å². The molecule has 0 saturated heterocycles. The van der Waals surface area contributed by atoms with Crippen LogP contribution in [0, 0.1) is 5.92 Å². The molecule has 0 N–H and O–H groups in total. The smallest absolute Gasteiger partial charge is 0.129 e. The van der Waals surface area contributed by atoms with Crippen molar-refractivity contribution in [1.82, 2.24) is 0 Å². The first kappa shape index (κ1) is 10.7. The average Bonchev–Trinajstić information content (AvgIpc) is 1.98. The van der Waals surface area contributed by atoms with Crippen LogP contribution >= 0.6 is 0 Å². The van der Waals surface area contributed by atoms with E-state index in [4.69, 9.17) is 0 Å². The van der Waals surface area contributed by atoms with Gasteiger partial charge in [0.25, 0.3) is 0 Å². The molecule has 0 bridgehead atoms. The summed E-state index contributed by atoms with van der Waals surface area (Å²) in [7, 11) is 0. The van der Waals surface area contributed by atoms with Crippen LogP contribution in [0.2, 0.25) is 0 Å². The van der Waals surface area contributed by atoms with Crippen molar-refractivity contribution in [1.29, 1.82) is 0 Å². The Morgan fingerprint density at radius 3 is 2.18 bits per heavy atom. The number of Topliss-reactive ketones (excluding diaryl/α,β-unsaturated/α-hetero) is 1. The predicted molar refractivity (Wildman–Crippen MR) is 48.6 cm³/mol. The van der Waals surface area contributed by atoms with Crippen molar-refractivity contribution in [3.63, 3.8) is 0 Å². The Hall–Kier alpha value is -0.330. The van der Waals surface area contributed by atoms with Crippen molar-refractivity contribution in [3.8, 4) is 0 Å². The van der Waals surface area contributed by atoms with E-state index in [9.17, 15) is 4.79 Å². The van der Waals surface area contributed by atoms with Crippen LogP contribution in [0.15, 0.2) is 0 Å². The predicted octanol–water partition coefficient (Wildman–Crippen LogP) is 3.18. The minimum absolute atomic E-state index is 0.330. The van der Waals surface area contributed by atoms with E-state index in [0.29, 0.717) is 5.78 Å². The maximum atomic E-state index is 10.6. The number of hydrogen-bond acceptors (Lipinski definition) is 1. The normalized spacial score (nSPS) is 10.5. The maximum absolute atomic E-state index is 10.6. The highest BCUT2D eigenvalue weighted by atomic mass is 16.1. The van der Waals surface area contributed by atoms with E-state index in [2.05, 4.69) is 13.8 Å². The van der Waals surface area contributed by atoms with Crippen molar-refractivity contribution in [2.24, 2.45) is 5.92 Å². The third-order valence-electron chi connectivity index (χ3n) is 2.30. The molecule has 1 heteroatoms. The van der Waals surface area contributed by atoms with Crippen molar-refractivity contribution >= 4 is 5.78 Å². The van der Waals surface area contributed by atoms with Gasteiger partial charge in [-0.05, 0) is 19.3 Å². The van der Waals surface area contributed by atoms with Gasteiger partial charge in [-0.25, -0.2) is 0 Å². The van der Waals surface area contributed by atoms with Gasteiger partial charge in [-0.3, -0.25) is 0 Å². The van der Waals surface area contributed by atoms with Crippen LogP contribution in [0.5, 0.6) is 0 Å². The van der Waals surface area contributed by atoms with Gasteiger partial charge < -0.3 is 4.79 Å². The minimum Gasteiger partial charge on any atom is -0.300 e. The van der Waals surface area contributed by atoms with Crippen LogP contribution in [-0.4, -0.2) is 5.78 Å². The number of ketones is 1. The highest BCUT2D eigenvalue weighted by molar-refractivity contribution is 5.75. The Balaban J connectivity index is 3.28. The molecule has 0 fully saturated rings. The highest BCUT2D eigenvalue weighted by Crippen LogP contribution is 2.15. The van der Waals surface area contributed by atoms with Crippen LogP contribution in [0.3, 0.4) is 0 Å². The summed E-state index contributed by atoms with van der Waals surface area (Å²) in [5, 5.41) is 0. The van der Waals surface area contributed by atoms with Crippen molar-refractivity contribution in [2.45, 2.75) is 52.9 Å². The van der Waals surface area contributed by atoms with E-state index in [1.54, 1.807) is 6.92 Å². The van der Waals surface area contributed by atoms with Gasteiger partial charge in [0.15, 0.2) is 0 Å². The lowest BCUT2D eigenvalue weighted by Crippen LogP contribution is -1.98. The first-order chi connectivity index (χ1) is 5.20. The Kier molecular flexibility index (Phi) is 6.19.